The van der Waals surface area contributed by atoms with Crippen LogP contribution in [-0.2, 0) is 6.42 Å². The fourth-order valence-corrected chi connectivity index (χ4v) is 2.60. The first-order chi connectivity index (χ1) is 9.63. The second-order valence-corrected chi connectivity index (χ2v) is 5.68. The molecule has 2 aromatic heterocycles. The minimum absolute atomic E-state index is 0.446. The molecule has 2 heterocycles. The lowest BCUT2D eigenvalue weighted by molar-refractivity contribution is 0.318. The lowest BCUT2D eigenvalue weighted by atomic mass is 10.2. The summed E-state index contributed by atoms with van der Waals surface area (Å²) in [5.41, 5.74) is 6.73. The number of hydrogen-bond donors (Lipinski definition) is 1. The van der Waals surface area contributed by atoms with E-state index in [0.29, 0.717) is 33.9 Å². The summed E-state index contributed by atoms with van der Waals surface area (Å²) in [5, 5.41) is 13.3. The zero-order valence-electron chi connectivity index (χ0n) is 10.7. The van der Waals surface area contributed by atoms with Crippen LogP contribution in [0.5, 0.6) is 5.75 Å². The molecule has 0 atom stereocenters. The van der Waals surface area contributed by atoms with E-state index in [1.54, 1.807) is 4.52 Å². The average molecular weight is 310 g/mol. The molecule has 0 saturated carbocycles. The first-order valence-electron chi connectivity index (χ1n) is 5.99. The van der Waals surface area contributed by atoms with Crippen LogP contribution in [-0.4, -0.2) is 26.4 Å². The van der Waals surface area contributed by atoms with E-state index in [4.69, 9.17) is 22.1 Å². The maximum absolute atomic E-state index is 6.07. The Labute approximate surface area is 124 Å². The molecule has 0 aliphatic carbocycles. The molecule has 1 aromatic carbocycles. The Morgan fingerprint density at radius 1 is 1.40 bits per heavy atom. The number of ether oxygens (including phenoxy) is 1. The van der Waals surface area contributed by atoms with E-state index < -0.39 is 0 Å². The SMILES string of the molecule is Cc1ccc(Cl)c(OCCc2nnc3sc(N)nn23)c1. The maximum Gasteiger partial charge on any atom is 0.236 e. The van der Waals surface area contributed by atoms with Crippen molar-refractivity contribution < 1.29 is 4.74 Å². The van der Waals surface area contributed by atoms with Crippen LogP contribution in [0, 0.1) is 6.92 Å². The van der Waals surface area contributed by atoms with E-state index in [0.717, 1.165) is 11.4 Å². The van der Waals surface area contributed by atoms with Crippen molar-refractivity contribution in [1.29, 1.82) is 0 Å². The van der Waals surface area contributed by atoms with Crippen LogP contribution in [0.25, 0.3) is 4.96 Å². The highest BCUT2D eigenvalue weighted by molar-refractivity contribution is 7.20. The Morgan fingerprint density at radius 3 is 3.10 bits per heavy atom. The van der Waals surface area contributed by atoms with Crippen molar-refractivity contribution in [3.8, 4) is 5.75 Å². The number of fused-ring (bicyclic) bond motifs is 1. The van der Waals surface area contributed by atoms with Gasteiger partial charge in [0.05, 0.1) is 11.6 Å². The van der Waals surface area contributed by atoms with Gasteiger partial charge in [-0.25, -0.2) is 0 Å². The van der Waals surface area contributed by atoms with Gasteiger partial charge in [-0.2, -0.15) is 4.52 Å². The summed E-state index contributed by atoms with van der Waals surface area (Å²) in [7, 11) is 0. The summed E-state index contributed by atoms with van der Waals surface area (Å²) in [6.45, 7) is 2.44. The molecule has 0 unspecified atom stereocenters. The largest absolute Gasteiger partial charge is 0.492 e. The van der Waals surface area contributed by atoms with Crippen molar-refractivity contribution in [2.75, 3.05) is 12.3 Å². The number of nitrogens with zero attached hydrogens (tertiary/aromatic N) is 4. The molecule has 0 spiro atoms. The molecule has 0 saturated heterocycles. The second kappa shape index (κ2) is 5.26. The Kier molecular flexibility index (Phi) is 3.45. The van der Waals surface area contributed by atoms with E-state index in [2.05, 4.69) is 15.3 Å². The number of halogens is 1. The van der Waals surface area contributed by atoms with Gasteiger partial charge < -0.3 is 10.5 Å². The number of nitrogens with two attached hydrogens (primary N) is 1. The van der Waals surface area contributed by atoms with Gasteiger partial charge >= 0.3 is 0 Å². The number of benzene rings is 1. The molecular formula is C12H12ClN5OS. The summed E-state index contributed by atoms with van der Waals surface area (Å²) in [4.78, 5) is 0.686. The van der Waals surface area contributed by atoms with Gasteiger partial charge in [0.1, 0.15) is 5.75 Å². The molecule has 3 rings (SSSR count). The molecule has 20 heavy (non-hydrogen) atoms. The van der Waals surface area contributed by atoms with Gasteiger partial charge in [0.15, 0.2) is 5.82 Å². The summed E-state index contributed by atoms with van der Waals surface area (Å²) < 4.78 is 7.32. The third-order valence-electron chi connectivity index (χ3n) is 2.74. The highest BCUT2D eigenvalue weighted by Crippen LogP contribution is 2.25. The topological polar surface area (TPSA) is 78.3 Å². The van der Waals surface area contributed by atoms with Crippen LogP contribution in [0.4, 0.5) is 5.13 Å². The summed E-state index contributed by atoms with van der Waals surface area (Å²) in [5.74, 6) is 1.39. The fraction of sp³-hybridized carbons (Fsp3) is 0.250. The Morgan fingerprint density at radius 2 is 2.25 bits per heavy atom. The number of aromatic nitrogens is 4. The van der Waals surface area contributed by atoms with Crippen molar-refractivity contribution >= 4 is 33.0 Å². The Bertz CT molecular complexity index is 753. The van der Waals surface area contributed by atoms with Crippen LogP contribution < -0.4 is 10.5 Å². The molecule has 8 heteroatoms. The van der Waals surface area contributed by atoms with Crippen LogP contribution in [0.15, 0.2) is 18.2 Å². The van der Waals surface area contributed by atoms with Gasteiger partial charge in [-0.1, -0.05) is 29.0 Å². The van der Waals surface area contributed by atoms with Gasteiger partial charge in [-0.05, 0) is 24.6 Å². The van der Waals surface area contributed by atoms with Crippen LogP contribution in [0.3, 0.4) is 0 Å². The second-order valence-electron chi connectivity index (χ2n) is 4.28. The maximum atomic E-state index is 6.07. The van der Waals surface area contributed by atoms with E-state index in [-0.39, 0.29) is 0 Å². The van der Waals surface area contributed by atoms with Crippen molar-refractivity contribution in [2.24, 2.45) is 0 Å². The number of aryl methyl sites for hydroxylation is 1. The predicted octanol–water partition coefficient (Wildman–Crippen LogP) is 2.35. The van der Waals surface area contributed by atoms with Crippen LogP contribution in [0.2, 0.25) is 5.02 Å². The van der Waals surface area contributed by atoms with E-state index in [1.165, 1.54) is 11.3 Å². The average Bonchev–Trinajstić information content (AvgIpc) is 2.94. The number of anilines is 1. The number of hydrogen-bond acceptors (Lipinski definition) is 6. The molecule has 104 valence electrons. The molecule has 6 nitrogen and oxygen atoms in total. The van der Waals surface area contributed by atoms with Crippen molar-refractivity contribution in [3.63, 3.8) is 0 Å². The lowest BCUT2D eigenvalue weighted by Gasteiger charge is -2.07. The van der Waals surface area contributed by atoms with Crippen molar-refractivity contribution in [1.82, 2.24) is 19.8 Å². The zero-order valence-corrected chi connectivity index (χ0v) is 12.3. The summed E-state index contributed by atoms with van der Waals surface area (Å²) in [6.07, 6.45) is 0.578. The monoisotopic (exact) mass is 309 g/mol. The van der Waals surface area contributed by atoms with Crippen LogP contribution in [0.1, 0.15) is 11.4 Å². The summed E-state index contributed by atoms with van der Waals surface area (Å²) >= 11 is 7.37. The highest BCUT2D eigenvalue weighted by Gasteiger charge is 2.10. The van der Waals surface area contributed by atoms with Crippen molar-refractivity contribution in [2.45, 2.75) is 13.3 Å². The Hall–Kier alpha value is -1.86. The van der Waals surface area contributed by atoms with E-state index in [1.807, 2.05) is 25.1 Å². The minimum atomic E-state index is 0.446. The number of rotatable bonds is 4. The lowest BCUT2D eigenvalue weighted by Crippen LogP contribution is -2.06. The molecule has 0 fully saturated rings. The van der Waals surface area contributed by atoms with Gasteiger partial charge in [0.25, 0.3) is 0 Å². The molecule has 2 N–H and O–H groups in total. The first kappa shape index (κ1) is 13.1. The van der Waals surface area contributed by atoms with E-state index >= 15 is 0 Å². The van der Waals surface area contributed by atoms with Gasteiger partial charge in [-0.3, -0.25) is 0 Å². The normalized spacial score (nSPS) is 11.1. The molecule has 3 aromatic rings. The third kappa shape index (κ3) is 2.54. The fourth-order valence-electron chi connectivity index (χ4n) is 1.80. The molecule has 0 bridgehead atoms. The molecule has 0 aliphatic heterocycles. The first-order valence-corrected chi connectivity index (χ1v) is 7.18. The predicted molar refractivity (Wildman–Crippen MR) is 78.5 cm³/mol. The molecule has 0 radical (unpaired) electrons. The smallest absolute Gasteiger partial charge is 0.236 e. The molecule has 0 aliphatic rings. The Balaban J connectivity index is 1.69. The van der Waals surface area contributed by atoms with Gasteiger partial charge in [0.2, 0.25) is 10.1 Å². The standard InChI is InChI=1S/C12H12ClN5OS/c1-7-2-3-8(13)9(6-7)19-5-4-10-15-16-12-18(10)17-11(14)20-12/h2-3,6H,4-5H2,1H3,(H2,14,17). The molecular weight excluding hydrogens is 298 g/mol. The molecule has 0 amide bonds. The summed E-state index contributed by atoms with van der Waals surface area (Å²) in [6, 6.07) is 5.67. The van der Waals surface area contributed by atoms with Crippen LogP contribution >= 0.6 is 22.9 Å². The zero-order chi connectivity index (χ0) is 14.1. The van der Waals surface area contributed by atoms with Gasteiger partial charge in [0, 0.05) is 6.42 Å². The van der Waals surface area contributed by atoms with E-state index in [9.17, 15) is 0 Å². The number of nitrogen functional groups attached to an aromatic ring is 1. The minimum Gasteiger partial charge on any atom is -0.492 e. The van der Waals surface area contributed by atoms with Crippen molar-refractivity contribution in [3.05, 3.63) is 34.6 Å². The quantitative estimate of drug-likeness (QED) is 0.800. The van der Waals surface area contributed by atoms with Gasteiger partial charge in [-0.15, -0.1) is 15.3 Å². The third-order valence-corrected chi connectivity index (χ3v) is 3.78. The highest BCUT2D eigenvalue weighted by atomic mass is 35.5.